The van der Waals surface area contributed by atoms with Crippen molar-refractivity contribution in [2.75, 3.05) is 13.2 Å². The first-order valence-electron chi connectivity index (χ1n) is 7.21. The van der Waals surface area contributed by atoms with Crippen molar-refractivity contribution in [2.24, 2.45) is 0 Å². The number of benzene rings is 1. The molecule has 0 fully saturated rings. The lowest BCUT2D eigenvalue weighted by molar-refractivity contribution is -0.145. The number of rotatable bonds is 5. The number of amides is 1. The molecular weight excluding hydrogens is 334 g/mol. The second kappa shape index (κ2) is 7.23. The van der Waals surface area contributed by atoms with Crippen molar-refractivity contribution < 1.29 is 23.5 Å². The van der Waals surface area contributed by atoms with Crippen molar-refractivity contribution in [3.8, 4) is 5.75 Å². The fourth-order valence-corrected chi connectivity index (χ4v) is 2.32. The molecule has 0 aliphatic carbocycles. The summed E-state index contributed by atoms with van der Waals surface area (Å²) < 4.78 is 15.6. The van der Waals surface area contributed by atoms with E-state index in [2.05, 4.69) is 5.32 Å². The van der Waals surface area contributed by atoms with Gasteiger partial charge in [-0.1, -0.05) is 11.6 Å². The van der Waals surface area contributed by atoms with E-state index in [-0.39, 0.29) is 19.8 Å². The van der Waals surface area contributed by atoms with E-state index in [1.54, 1.807) is 36.4 Å². The Bertz CT molecular complexity index is 782. The van der Waals surface area contributed by atoms with Crippen LogP contribution in [0, 0.1) is 0 Å². The van der Waals surface area contributed by atoms with E-state index in [1.165, 1.54) is 6.26 Å². The van der Waals surface area contributed by atoms with Crippen molar-refractivity contribution in [2.45, 2.75) is 6.54 Å². The molecular formula is C17H14ClNO5. The van der Waals surface area contributed by atoms with Crippen LogP contribution in [0.25, 0.3) is 6.08 Å². The summed E-state index contributed by atoms with van der Waals surface area (Å²) in [5, 5.41) is 3.13. The predicted octanol–water partition coefficient (Wildman–Crippen LogP) is 2.57. The zero-order chi connectivity index (χ0) is 16.9. The summed E-state index contributed by atoms with van der Waals surface area (Å²) in [5.41, 5.74) is 1.02. The number of furan rings is 1. The van der Waals surface area contributed by atoms with E-state index >= 15 is 0 Å². The molecule has 2 heterocycles. The molecule has 0 saturated carbocycles. The van der Waals surface area contributed by atoms with Gasteiger partial charge in [0.25, 0.3) is 5.91 Å². The number of hydrogen-bond acceptors (Lipinski definition) is 5. The SMILES string of the molecule is O=C(COC(=O)C1=Cc2cc(Cl)ccc2OC1)NCc1ccco1. The van der Waals surface area contributed by atoms with Gasteiger partial charge in [0.15, 0.2) is 6.61 Å². The van der Waals surface area contributed by atoms with Gasteiger partial charge in [0, 0.05) is 10.6 Å². The standard InChI is InChI=1S/C17H14ClNO5/c18-13-3-4-15-11(7-13)6-12(9-23-15)17(21)24-10-16(20)19-8-14-2-1-5-22-14/h1-7H,8-10H2,(H,19,20). The van der Waals surface area contributed by atoms with Crippen molar-refractivity contribution in [1.29, 1.82) is 0 Å². The minimum atomic E-state index is -0.603. The molecule has 6 nitrogen and oxygen atoms in total. The highest BCUT2D eigenvalue weighted by atomic mass is 35.5. The average Bonchev–Trinajstić information content (AvgIpc) is 3.10. The van der Waals surface area contributed by atoms with Crippen LogP contribution in [0.3, 0.4) is 0 Å². The van der Waals surface area contributed by atoms with Crippen LogP contribution >= 0.6 is 11.6 Å². The van der Waals surface area contributed by atoms with Gasteiger partial charge in [-0.3, -0.25) is 4.79 Å². The first kappa shape index (κ1) is 16.1. The van der Waals surface area contributed by atoms with Crippen LogP contribution in [-0.4, -0.2) is 25.1 Å². The summed E-state index contributed by atoms with van der Waals surface area (Å²) in [6.45, 7) is -0.0537. The minimum Gasteiger partial charge on any atom is -0.488 e. The maximum atomic E-state index is 12.0. The van der Waals surface area contributed by atoms with E-state index in [0.717, 1.165) is 0 Å². The van der Waals surface area contributed by atoms with Crippen LogP contribution in [0.1, 0.15) is 11.3 Å². The molecule has 0 atom stereocenters. The number of carbonyl (C=O) groups excluding carboxylic acids is 2. The molecule has 1 amide bonds. The molecule has 0 unspecified atom stereocenters. The summed E-state index contributed by atoms with van der Waals surface area (Å²) in [7, 11) is 0. The molecule has 2 aromatic rings. The first-order valence-corrected chi connectivity index (χ1v) is 7.59. The maximum Gasteiger partial charge on any atom is 0.338 e. The van der Waals surface area contributed by atoms with Crippen molar-refractivity contribution in [1.82, 2.24) is 5.32 Å². The van der Waals surface area contributed by atoms with E-state index in [0.29, 0.717) is 27.7 Å². The summed E-state index contributed by atoms with van der Waals surface area (Å²) >= 11 is 5.92. The van der Waals surface area contributed by atoms with Crippen LogP contribution < -0.4 is 10.1 Å². The summed E-state index contributed by atoms with van der Waals surface area (Å²) in [6, 6.07) is 8.60. The van der Waals surface area contributed by atoms with Gasteiger partial charge in [-0.15, -0.1) is 0 Å². The van der Waals surface area contributed by atoms with Crippen molar-refractivity contribution >= 4 is 29.6 Å². The van der Waals surface area contributed by atoms with Gasteiger partial charge < -0.3 is 19.2 Å². The Labute approximate surface area is 143 Å². The Morgan fingerprint density at radius 1 is 1.29 bits per heavy atom. The molecule has 124 valence electrons. The Kier molecular flexibility index (Phi) is 4.86. The van der Waals surface area contributed by atoms with Gasteiger partial charge in [-0.05, 0) is 36.4 Å². The monoisotopic (exact) mass is 347 g/mol. The molecule has 24 heavy (non-hydrogen) atoms. The number of nitrogens with one attached hydrogen (secondary N) is 1. The third-order valence-electron chi connectivity index (χ3n) is 3.32. The normalized spacial score (nSPS) is 12.6. The highest BCUT2D eigenvalue weighted by molar-refractivity contribution is 6.30. The van der Waals surface area contributed by atoms with Crippen LogP contribution in [0.15, 0.2) is 46.6 Å². The second-order valence-corrected chi connectivity index (χ2v) is 5.51. The van der Waals surface area contributed by atoms with E-state index in [4.69, 9.17) is 25.5 Å². The van der Waals surface area contributed by atoms with Crippen LogP contribution in [0.5, 0.6) is 5.75 Å². The lowest BCUT2D eigenvalue weighted by Gasteiger charge is -2.17. The minimum absolute atomic E-state index is 0.0848. The molecule has 1 N–H and O–H groups in total. The van der Waals surface area contributed by atoms with Crippen LogP contribution in [-0.2, 0) is 20.9 Å². The van der Waals surface area contributed by atoms with E-state index in [9.17, 15) is 9.59 Å². The largest absolute Gasteiger partial charge is 0.488 e. The molecule has 7 heteroatoms. The summed E-state index contributed by atoms with van der Waals surface area (Å²) in [6.07, 6.45) is 3.16. The Morgan fingerprint density at radius 2 is 2.17 bits per heavy atom. The Hall–Kier alpha value is -2.73. The van der Waals surface area contributed by atoms with Crippen LogP contribution in [0.4, 0.5) is 0 Å². The fraction of sp³-hybridized carbons (Fsp3) is 0.176. The zero-order valence-electron chi connectivity index (χ0n) is 12.6. The van der Waals surface area contributed by atoms with Gasteiger partial charge in [-0.2, -0.15) is 0 Å². The molecule has 0 bridgehead atoms. The number of fused-ring (bicyclic) bond motifs is 1. The topological polar surface area (TPSA) is 77.8 Å². The lowest BCUT2D eigenvalue weighted by atomic mass is 10.1. The second-order valence-electron chi connectivity index (χ2n) is 5.07. The molecule has 0 radical (unpaired) electrons. The fourth-order valence-electron chi connectivity index (χ4n) is 2.14. The maximum absolute atomic E-state index is 12.0. The van der Waals surface area contributed by atoms with Gasteiger partial charge in [-0.25, -0.2) is 4.79 Å². The molecule has 1 aromatic heterocycles. The average molecular weight is 348 g/mol. The molecule has 1 aliphatic heterocycles. The smallest absolute Gasteiger partial charge is 0.338 e. The molecule has 0 spiro atoms. The van der Waals surface area contributed by atoms with E-state index in [1.807, 2.05) is 0 Å². The van der Waals surface area contributed by atoms with Gasteiger partial charge in [0.1, 0.15) is 18.1 Å². The van der Waals surface area contributed by atoms with Gasteiger partial charge in [0.2, 0.25) is 0 Å². The number of esters is 1. The first-order chi connectivity index (χ1) is 11.6. The van der Waals surface area contributed by atoms with E-state index < -0.39 is 11.9 Å². The molecule has 3 rings (SSSR count). The summed E-state index contributed by atoms with van der Waals surface area (Å²) in [5.74, 6) is 0.244. The third kappa shape index (κ3) is 3.97. The van der Waals surface area contributed by atoms with Crippen LogP contribution in [0.2, 0.25) is 5.02 Å². The molecule has 1 aliphatic rings. The number of hydrogen-bond donors (Lipinski definition) is 1. The zero-order valence-corrected chi connectivity index (χ0v) is 13.3. The van der Waals surface area contributed by atoms with Crippen molar-refractivity contribution in [3.63, 3.8) is 0 Å². The predicted molar refractivity (Wildman–Crippen MR) is 86.4 cm³/mol. The summed E-state index contributed by atoms with van der Waals surface area (Å²) in [4.78, 5) is 23.7. The van der Waals surface area contributed by atoms with Gasteiger partial charge >= 0.3 is 5.97 Å². The molecule has 1 aromatic carbocycles. The third-order valence-corrected chi connectivity index (χ3v) is 3.56. The number of ether oxygens (including phenoxy) is 2. The molecule has 0 saturated heterocycles. The number of carbonyl (C=O) groups is 2. The Balaban J connectivity index is 1.52. The lowest BCUT2D eigenvalue weighted by Crippen LogP contribution is -2.29. The Morgan fingerprint density at radius 3 is 2.96 bits per heavy atom. The highest BCUT2D eigenvalue weighted by Crippen LogP contribution is 2.29. The quantitative estimate of drug-likeness (QED) is 0.841. The number of halogens is 1. The van der Waals surface area contributed by atoms with Crippen molar-refractivity contribution in [3.05, 3.63) is 58.5 Å². The van der Waals surface area contributed by atoms with Gasteiger partial charge in [0.05, 0.1) is 18.4 Å². The highest BCUT2D eigenvalue weighted by Gasteiger charge is 2.19.